The lowest BCUT2D eigenvalue weighted by molar-refractivity contribution is -0.103. The Labute approximate surface area is 70.8 Å². The van der Waals surface area contributed by atoms with E-state index in [1.807, 2.05) is 0 Å². The molecule has 0 fully saturated rings. The van der Waals surface area contributed by atoms with Gasteiger partial charge in [-0.2, -0.15) is 0 Å². The highest BCUT2D eigenvalue weighted by molar-refractivity contribution is 5.73. The van der Waals surface area contributed by atoms with Gasteiger partial charge in [-0.3, -0.25) is 4.79 Å². The summed E-state index contributed by atoms with van der Waals surface area (Å²) in [4.78, 5) is 9.91. The highest BCUT2D eigenvalue weighted by Gasteiger charge is 1.89. The number of hydrogen-bond acceptors (Lipinski definition) is 2. The lowest BCUT2D eigenvalue weighted by Crippen LogP contribution is -1.83. The highest BCUT2D eigenvalue weighted by atomic mass is 16.3. The number of aliphatic hydroxyl groups is 1. The van der Waals surface area contributed by atoms with Crippen LogP contribution < -0.4 is 0 Å². The predicted octanol–water partition coefficient (Wildman–Crippen LogP) is 0.729. The van der Waals surface area contributed by atoms with Crippen LogP contribution in [0.2, 0.25) is 0 Å². The molecule has 0 aliphatic heterocycles. The van der Waals surface area contributed by atoms with E-state index in [0.29, 0.717) is 6.29 Å². The molecule has 2 nitrogen and oxygen atoms in total. The van der Waals surface area contributed by atoms with Gasteiger partial charge >= 0.3 is 0 Å². The molecule has 0 atom stereocenters. The molecule has 1 aromatic rings. The quantitative estimate of drug-likeness (QED) is 0.485. The summed E-state index contributed by atoms with van der Waals surface area (Å²) in [6.45, 7) is -0.00336. The third kappa shape index (κ3) is 2.22. The van der Waals surface area contributed by atoms with Gasteiger partial charge in [-0.1, -0.05) is 18.1 Å². The largest absolute Gasteiger partial charge is 0.392 e. The zero-order valence-corrected chi connectivity index (χ0v) is 6.45. The second kappa shape index (κ2) is 4.32. The van der Waals surface area contributed by atoms with Gasteiger partial charge in [0.2, 0.25) is 0 Å². The van der Waals surface area contributed by atoms with E-state index in [2.05, 4.69) is 11.8 Å². The normalized spacial score (nSPS) is 8.42. The van der Waals surface area contributed by atoms with Gasteiger partial charge in [0.1, 0.15) is 0 Å². The lowest BCUT2D eigenvalue weighted by atomic mass is 10.1. The van der Waals surface area contributed by atoms with Crippen LogP contribution in [0.1, 0.15) is 11.1 Å². The average Bonchev–Trinajstić information content (AvgIpc) is 2.15. The van der Waals surface area contributed by atoms with Crippen molar-refractivity contribution in [2.24, 2.45) is 0 Å². The second-order valence-electron chi connectivity index (χ2n) is 2.25. The summed E-state index contributed by atoms with van der Waals surface area (Å²) >= 11 is 0. The molecule has 0 saturated heterocycles. The fourth-order valence-electron chi connectivity index (χ4n) is 0.860. The maximum absolute atomic E-state index is 9.91. The maximum atomic E-state index is 9.91. The summed E-state index contributed by atoms with van der Waals surface area (Å²) in [6, 6.07) is 7.12. The van der Waals surface area contributed by atoms with Crippen LogP contribution in [-0.4, -0.2) is 11.4 Å². The standard InChI is InChI=1S/C10H8O2/c11-6-2-5-9-3-1-4-10(7-9)8-12/h1,3-4,6-7,12H,8H2. The van der Waals surface area contributed by atoms with Crippen molar-refractivity contribution >= 4 is 6.29 Å². The van der Waals surface area contributed by atoms with Crippen LogP contribution in [0.15, 0.2) is 24.3 Å². The molecule has 1 aromatic carbocycles. The summed E-state index contributed by atoms with van der Waals surface area (Å²) in [7, 11) is 0. The molecule has 0 aliphatic carbocycles. The fraction of sp³-hybridized carbons (Fsp3) is 0.100. The van der Waals surface area contributed by atoms with E-state index in [9.17, 15) is 4.79 Å². The van der Waals surface area contributed by atoms with Crippen molar-refractivity contribution in [1.29, 1.82) is 0 Å². The first-order valence-corrected chi connectivity index (χ1v) is 3.52. The summed E-state index contributed by atoms with van der Waals surface area (Å²) in [5, 5.41) is 8.77. The first kappa shape index (κ1) is 8.51. The second-order valence-corrected chi connectivity index (χ2v) is 2.25. The molecule has 0 unspecified atom stereocenters. The summed E-state index contributed by atoms with van der Waals surface area (Å²) < 4.78 is 0. The Balaban J connectivity index is 2.93. The van der Waals surface area contributed by atoms with Gasteiger partial charge in [0.25, 0.3) is 0 Å². The number of carbonyl (C=O) groups excluding carboxylic acids is 1. The maximum Gasteiger partial charge on any atom is 0.193 e. The highest BCUT2D eigenvalue weighted by Crippen LogP contribution is 2.02. The van der Waals surface area contributed by atoms with E-state index in [1.165, 1.54) is 0 Å². The van der Waals surface area contributed by atoms with Gasteiger partial charge in [-0.05, 0) is 23.6 Å². The van der Waals surface area contributed by atoms with Crippen LogP contribution >= 0.6 is 0 Å². The van der Waals surface area contributed by atoms with Crippen LogP contribution in [-0.2, 0) is 11.4 Å². The van der Waals surface area contributed by atoms with E-state index >= 15 is 0 Å². The molecule has 0 amide bonds. The summed E-state index contributed by atoms with van der Waals surface area (Å²) in [6.07, 6.45) is 0.547. The number of benzene rings is 1. The molecule has 12 heavy (non-hydrogen) atoms. The Morgan fingerprint density at radius 1 is 1.50 bits per heavy atom. The van der Waals surface area contributed by atoms with E-state index in [4.69, 9.17) is 5.11 Å². The number of carbonyl (C=O) groups is 1. The molecule has 60 valence electrons. The topological polar surface area (TPSA) is 37.3 Å². The third-order valence-electron chi connectivity index (χ3n) is 1.38. The van der Waals surface area contributed by atoms with E-state index in [-0.39, 0.29) is 6.61 Å². The summed E-state index contributed by atoms with van der Waals surface area (Å²) in [5.74, 6) is 4.94. The molecule has 0 saturated carbocycles. The Morgan fingerprint density at radius 3 is 3.00 bits per heavy atom. The first-order valence-electron chi connectivity index (χ1n) is 3.52. The van der Waals surface area contributed by atoms with Crippen LogP contribution in [0.5, 0.6) is 0 Å². The lowest BCUT2D eigenvalue weighted by Gasteiger charge is -1.94. The van der Waals surface area contributed by atoms with Crippen molar-refractivity contribution < 1.29 is 9.90 Å². The van der Waals surface area contributed by atoms with Gasteiger partial charge in [0.15, 0.2) is 6.29 Å². The third-order valence-corrected chi connectivity index (χ3v) is 1.38. The Morgan fingerprint density at radius 2 is 2.33 bits per heavy atom. The van der Waals surface area contributed by atoms with Crippen LogP contribution in [0, 0.1) is 11.8 Å². The smallest absolute Gasteiger partial charge is 0.193 e. The Hall–Kier alpha value is -1.59. The molecule has 0 heterocycles. The first-order chi connectivity index (χ1) is 5.86. The van der Waals surface area contributed by atoms with Crippen molar-refractivity contribution in [1.82, 2.24) is 0 Å². The van der Waals surface area contributed by atoms with E-state index in [1.54, 1.807) is 24.3 Å². The number of aliphatic hydroxyl groups excluding tert-OH is 1. The van der Waals surface area contributed by atoms with Crippen molar-refractivity contribution in [2.75, 3.05) is 0 Å². The Bertz CT molecular complexity index is 331. The van der Waals surface area contributed by atoms with Crippen LogP contribution in [0.4, 0.5) is 0 Å². The van der Waals surface area contributed by atoms with Gasteiger partial charge in [-0.15, -0.1) is 0 Å². The summed E-state index contributed by atoms with van der Waals surface area (Å²) in [5.41, 5.74) is 1.54. The number of rotatable bonds is 1. The van der Waals surface area contributed by atoms with E-state index in [0.717, 1.165) is 11.1 Å². The number of aldehydes is 1. The molecule has 1 rings (SSSR count). The van der Waals surface area contributed by atoms with Crippen LogP contribution in [0.25, 0.3) is 0 Å². The molecule has 0 radical (unpaired) electrons. The van der Waals surface area contributed by atoms with E-state index < -0.39 is 0 Å². The van der Waals surface area contributed by atoms with Gasteiger partial charge in [0.05, 0.1) is 6.61 Å². The average molecular weight is 160 g/mol. The fourth-order valence-corrected chi connectivity index (χ4v) is 0.860. The molecule has 0 spiro atoms. The SMILES string of the molecule is O=CC#Cc1cccc(CO)c1. The van der Waals surface area contributed by atoms with Gasteiger partial charge < -0.3 is 5.11 Å². The van der Waals surface area contributed by atoms with Gasteiger partial charge in [-0.25, -0.2) is 0 Å². The van der Waals surface area contributed by atoms with Crippen molar-refractivity contribution in [3.05, 3.63) is 35.4 Å². The molecule has 2 heteroatoms. The molecule has 0 aliphatic rings. The van der Waals surface area contributed by atoms with Gasteiger partial charge in [0, 0.05) is 5.56 Å². The molecular weight excluding hydrogens is 152 g/mol. The minimum absolute atomic E-state index is 0.00336. The number of hydrogen-bond donors (Lipinski definition) is 1. The molecule has 1 N–H and O–H groups in total. The molecular formula is C10H8O2. The zero-order chi connectivity index (χ0) is 8.81. The molecule has 0 aromatic heterocycles. The molecule has 0 bridgehead atoms. The van der Waals surface area contributed by atoms with Crippen molar-refractivity contribution in [2.45, 2.75) is 6.61 Å². The minimum atomic E-state index is -0.00336. The van der Waals surface area contributed by atoms with Crippen molar-refractivity contribution in [3.8, 4) is 11.8 Å². The van der Waals surface area contributed by atoms with Crippen molar-refractivity contribution in [3.63, 3.8) is 0 Å². The minimum Gasteiger partial charge on any atom is -0.392 e. The zero-order valence-electron chi connectivity index (χ0n) is 6.45. The van der Waals surface area contributed by atoms with Crippen LogP contribution in [0.3, 0.4) is 0 Å². The Kier molecular flexibility index (Phi) is 3.06. The monoisotopic (exact) mass is 160 g/mol. The predicted molar refractivity (Wildman–Crippen MR) is 45.3 cm³/mol.